The zero-order valence-electron chi connectivity index (χ0n) is 15.8. The van der Waals surface area contributed by atoms with E-state index in [1.807, 2.05) is 29.6 Å². The number of aromatic nitrogens is 1. The highest BCUT2D eigenvalue weighted by atomic mass is 79.9. The summed E-state index contributed by atoms with van der Waals surface area (Å²) in [7, 11) is 0. The summed E-state index contributed by atoms with van der Waals surface area (Å²) in [6, 6.07) is 12.9. The van der Waals surface area contributed by atoms with Crippen LogP contribution >= 0.6 is 38.9 Å². The summed E-state index contributed by atoms with van der Waals surface area (Å²) in [4.78, 5) is 16.6. The molecule has 0 fully saturated rings. The van der Waals surface area contributed by atoms with Gasteiger partial charge in [-0.15, -0.1) is 11.3 Å². The quantitative estimate of drug-likeness (QED) is 0.348. The third-order valence-electron chi connectivity index (χ3n) is 3.92. The van der Waals surface area contributed by atoms with E-state index in [0.29, 0.717) is 20.4 Å². The summed E-state index contributed by atoms with van der Waals surface area (Å²) in [5, 5.41) is 5.77. The second-order valence-corrected chi connectivity index (χ2v) is 8.32. The Hall–Kier alpha value is -2.09. The first-order chi connectivity index (χ1) is 14.0. The SMILES string of the molecule is CCCCOc1ccc(-c2csc(NC(=O)COc3ccc(Cl)cc3Br)n2)cc1. The van der Waals surface area contributed by atoms with Gasteiger partial charge in [-0.25, -0.2) is 4.98 Å². The maximum absolute atomic E-state index is 12.2. The summed E-state index contributed by atoms with van der Waals surface area (Å²) in [6.45, 7) is 2.73. The Kier molecular flexibility index (Phi) is 7.91. The molecular formula is C21H20BrClN2O3S. The minimum Gasteiger partial charge on any atom is -0.494 e. The number of carbonyl (C=O) groups excluding carboxylic acids is 1. The molecule has 8 heteroatoms. The first-order valence-corrected chi connectivity index (χ1v) is 11.2. The van der Waals surface area contributed by atoms with E-state index >= 15 is 0 Å². The summed E-state index contributed by atoms with van der Waals surface area (Å²) in [5.74, 6) is 1.11. The van der Waals surface area contributed by atoms with Crippen LogP contribution in [-0.4, -0.2) is 24.1 Å². The summed E-state index contributed by atoms with van der Waals surface area (Å²) < 4.78 is 11.9. The van der Waals surface area contributed by atoms with Crippen LogP contribution in [0.4, 0.5) is 5.13 Å². The van der Waals surface area contributed by atoms with Crippen molar-refractivity contribution in [3.8, 4) is 22.8 Å². The molecule has 1 heterocycles. The molecule has 0 radical (unpaired) electrons. The molecule has 0 atom stereocenters. The van der Waals surface area contributed by atoms with Crippen molar-refractivity contribution >= 4 is 49.9 Å². The fourth-order valence-corrected chi connectivity index (χ4v) is 3.94. The number of anilines is 1. The average Bonchev–Trinajstić information content (AvgIpc) is 3.16. The van der Waals surface area contributed by atoms with Crippen LogP contribution in [0.15, 0.2) is 52.3 Å². The van der Waals surface area contributed by atoms with Crippen molar-refractivity contribution in [1.82, 2.24) is 4.98 Å². The molecule has 0 aliphatic heterocycles. The number of amides is 1. The lowest BCUT2D eigenvalue weighted by Crippen LogP contribution is -2.20. The minimum absolute atomic E-state index is 0.126. The highest BCUT2D eigenvalue weighted by Gasteiger charge is 2.10. The van der Waals surface area contributed by atoms with E-state index in [1.165, 1.54) is 11.3 Å². The molecule has 0 aliphatic rings. The minimum atomic E-state index is -0.285. The number of benzene rings is 2. The number of hydrogen-bond donors (Lipinski definition) is 1. The zero-order valence-corrected chi connectivity index (χ0v) is 18.9. The number of ether oxygens (including phenoxy) is 2. The van der Waals surface area contributed by atoms with Crippen molar-refractivity contribution in [3.05, 3.63) is 57.3 Å². The van der Waals surface area contributed by atoms with Gasteiger partial charge in [0.25, 0.3) is 5.91 Å². The fraction of sp³-hybridized carbons (Fsp3) is 0.238. The number of halogens is 2. The molecule has 0 spiro atoms. The summed E-state index contributed by atoms with van der Waals surface area (Å²) >= 11 is 10.6. The van der Waals surface area contributed by atoms with Crippen LogP contribution < -0.4 is 14.8 Å². The standard InChI is InChI=1S/C21H20BrClN2O3S/c1-2-3-10-27-16-7-4-14(5-8-16)18-13-29-21(24-18)25-20(26)12-28-19-9-6-15(23)11-17(19)22/h4-9,11,13H,2-3,10,12H2,1H3,(H,24,25,26). The van der Waals surface area contributed by atoms with Gasteiger partial charge in [0.1, 0.15) is 11.5 Å². The lowest BCUT2D eigenvalue weighted by molar-refractivity contribution is -0.118. The molecule has 3 rings (SSSR count). The third kappa shape index (κ3) is 6.45. The normalized spacial score (nSPS) is 10.6. The van der Waals surface area contributed by atoms with Crippen LogP contribution in [0.5, 0.6) is 11.5 Å². The molecule has 5 nitrogen and oxygen atoms in total. The van der Waals surface area contributed by atoms with Crippen LogP contribution in [0, 0.1) is 0 Å². The Morgan fingerprint density at radius 1 is 1.21 bits per heavy atom. The Morgan fingerprint density at radius 2 is 2.00 bits per heavy atom. The number of nitrogens with one attached hydrogen (secondary N) is 1. The molecular weight excluding hydrogens is 476 g/mol. The maximum Gasteiger partial charge on any atom is 0.264 e. The maximum atomic E-state index is 12.2. The second kappa shape index (κ2) is 10.6. The lowest BCUT2D eigenvalue weighted by Gasteiger charge is -2.08. The molecule has 29 heavy (non-hydrogen) atoms. The monoisotopic (exact) mass is 494 g/mol. The van der Waals surface area contributed by atoms with Crippen molar-refractivity contribution in [3.63, 3.8) is 0 Å². The largest absolute Gasteiger partial charge is 0.494 e. The Morgan fingerprint density at radius 3 is 2.72 bits per heavy atom. The third-order valence-corrected chi connectivity index (χ3v) is 5.53. The molecule has 152 valence electrons. The smallest absolute Gasteiger partial charge is 0.264 e. The molecule has 0 unspecified atom stereocenters. The zero-order chi connectivity index (χ0) is 20.6. The Bertz CT molecular complexity index is 963. The molecule has 1 N–H and O–H groups in total. The fourth-order valence-electron chi connectivity index (χ4n) is 2.41. The van der Waals surface area contributed by atoms with Gasteiger partial charge in [-0.05, 0) is 64.8 Å². The van der Waals surface area contributed by atoms with Gasteiger partial charge < -0.3 is 9.47 Å². The first-order valence-electron chi connectivity index (χ1n) is 9.11. The number of thiazole rings is 1. The van der Waals surface area contributed by atoms with Crippen LogP contribution in [0.1, 0.15) is 19.8 Å². The highest BCUT2D eigenvalue weighted by molar-refractivity contribution is 9.10. The van der Waals surface area contributed by atoms with Gasteiger partial charge in [0.05, 0.1) is 16.8 Å². The van der Waals surface area contributed by atoms with Gasteiger partial charge in [0, 0.05) is 16.0 Å². The molecule has 0 saturated carbocycles. The molecule has 1 amide bonds. The van der Waals surface area contributed by atoms with Crippen LogP contribution in [0.2, 0.25) is 5.02 Å². The molecule has 1 aromatic heterocycles. The van der Waals surface area contributed by atoms with E-state index in [9.17, 15) is 4.79 Å². The topological polar surface area (TPSA) is 60.5 Å². The number of rotatable bonds is 9. The molecule has 3 aromatic rings. The first kappa shape index (κ1) is 21.6. The van der Waals surface area contributed by atoms with Crippen LogP contribution in [0.25, 0.3) is 11.3 Å². The van der Waals surface area contributed by atoms with Gasteiger partial charge in [-0.1, -0.05) is 24.9 Å². The van der Waals surface area contributed by atoms with E-state index in [-0.39, 0.29) is 12.5 Å². The highest BCUT2D eigenvalue weighted by Crippen LogP contribution is 2.29. The van der Waals surface area contributed by atoms with Crippen LogP contribution in [0.3, 0.4) is 0 Å². The van der Waals surface area contributed by atoms with Crippen LogP contribution in [-0.2, 0) is 4.79 Å². The molecule has 0 aliphatic carbocycles. The molecule has 2 aromatic carbocycles. The van der Waals surface area contributed by atoms with Crippen molar-refractivity contribution in [1.29, 1.82) is 0 Å². The Labute approximate surface area is 187 Å². The molecule has 0 bridgehead atoms. The van der Waals surface area contributed by atoms with Gasteiger partial charge in [-0.2, -0.15) is 0 Å². The Balaban J connectivity index is 1.53. The van der Waals surface area contributed by atoms with E-state index < -0.39 is 0 Å². The van der Waals surface area contributed by atoms with E-state index in [4.69, 9.17) is 21.1 Å². The number of carbonyl (C=O) groups is 1. The lowest BCUT2D eigenvalue weighted by atomic mass is 10.2. The number of hydrogen-bond acceptors (Lipinski definition) is 5. The van der Waals surface area contributed by atoms with Gasteiger partial charge >= 0.3 is 0 Å². The summed E-state index contributed by atoms with van der Waals surface area (Å²) in [6.07, 6.45) is 2.14. The second-order valence-electron chi connectivity index (χ2n) is 6.18. The van der Waals surface area contributed by atoms with E-state index in [2.05, 4.69) is 33.2 Å². The van der Waals surface area contributed by atoms with Gasteiger partial charge in [-0.3, -0.25) is 10.1 Å². The predicted octanol–water partition coefficient (Wildman–Crippen LogP) is 6.42. The van der Waals surface area contributed by atoms with Crippen molar-refractivity contribution < 1.29 is 14.3 Å². The number of nitrogens with zero attached hydrogens (tertiary/aromatic N) is 1. The predicted molar refractivity (Wildman–Crippen MR) is 121 cm³/mol. The average molecular weight is 496 g/mol. The van der Waals surface area contributed by atoms with Gasteiger partial charge in [0.2, 0.25) is 0 Å². The van der Waals surface area contributed by atoms with Crippen molar-refractivity contribution in [2.45, 2.75) is 19.8 Å². The van der Waals surface area contributed by atoms with E-state index in [0.717, 1.165) is 36.5 Å². The summed E-state index contributed by atoms with van der Waals surface area (Å²) in [5.41, 5.74) is 1.76. The van der Waals surface area contributed by atoms with Crippen molar-refractivity contribution in [2.75, 3.05) is 18.5 Å². The van der Waals surface area contributed by atoms with Crippen molar-refractivity contribution in [2.24, 2.45) is 0 Å². The van der Waals surface area contributed by atoms with E-state index in [1.54, 1.807) is 18.2 Å². The van der Waals surface area contributed by atoms with Gasteiger partial charge in [0.15, 0.2) is 11.7 Å². The molecule has 0 saturated heterocycles. The number of unbranched alkanes of at least 4 members (excludes halogenated alkanes) is 1.